The molecule has 86 valence electrons. The molecule has 16 heavy (non-hydrogen) atoms. The van der Waals surface area contributed by atoms with Crippen molar-refractivity contribution >= 4 is 11.8 Å². The molecule has 3 nitrogen and oxygen atoms in total. The van der Waals surface area contributed by atoms with Gasteiger partial charge < -0.3 is 5.11 Å². The topological polar surface area (TPSA) is 54.4 Å². The van der Waals surface area contributed by atoms with Gasteiger partial charge in [0.1, 0.15) is 5.78 Å². The summed E-state index contributed by atoms with van der Waals surface area (Å²) >= 11 is 0. The average molecular weight is 220 g/mol. The first-order chi connectivity index (χ1) is 7.54. The van der Waals surface area contributed by atoms with Crippen LogP contribution in [0.15, 0.2) is 24.3 Å². The quantitative estimate of drug-likeness (QED) is 0.829. The molecule has 0 aliphatic carbocycles. The van der Waals surface area contributed by atoms with Crippen molar-refractivity contribution in [3.63, 3.8) is 0 Å². The first kappa shape index (κ1) is 12.4. The van der Waals surface area contributed by atoms with E-state index in [2.05, 4.69) is 0 Å². The number of carboxylic acid groups (broad SMARTS) is 1. The Morgan fingerprint density at radius 1 is 1.25 bits per heavy atom. The fourth-order valence-electron chi connectivity index (χ4n) is 1.64. The zero-order valence-electron chi connectivity index (χ0n) is 9.56. The summed E-state index contributed by atoms with van der Waals surface area (Å²) in [5.41, 5.74) is 1.28. The maximum atomic E-state index is 11.3. The molecule has 1 aromatic rings. The second-order valence-electron chi connectivity index (χ2n) is 3.92. The van der Waals surface area contributed by atoms with E-state index < -0.39 is 5.97 Å². The largest absolute Gasteiger partial charge is 0.478 e. The molecular formula is C13H16O3. The zero-order chi connectivity index (χ0) is 12.1. The number of rotatable bonds is 5. The zero-order valence-corrected chi connectivity index (χ0v) is 9.56. The molecule has 0 saturated carbocycles. The third kappa shape index (κ3) is 3.19. The van der Waals surface area contributed by atoms with Gasteiger partial charge in [-0.1, -0.05) is 19.1 Å². The molecule has 0 bridgehead atoms. The Labute approximate surface area is 95.1 Å². The Hall–Kier alpha value is -1.64. The maximum Gasteiger partial charge on any atom is 0.335 e. The summed E-state index contributed by atoms with van der Waals surface area (Å²) in [6.45, 7) is 3.58. The van der Waals surface area contributed by atoms with Gasteiger partial charge in [0.25, 0.3) is 0 Å². The minimum Gasteiger partial charge on any atom is -0.478 e. The van der Waals surface area contributed by atoms with Crippen LogP contribution in [-0.2, 0) is 11.2 Å². The molecule has 0 aliphatic heterocycles. The van der Waals surface area contributed by atoms with E-state index in [1.54, 1.807) is 31.2 Å². The van der Waals surface area contributed by atoms with Crippen molar-refractivity contribution in [2.24, 2.45) is 5.92 Å². The number of Topliss-reactive ketones (excluding diaryl/α,β-unsaturated/α-hetero) is 1. The van der Waals surface area contributed by atoms with Gasteiger partial charge in [0.2, 0.25) is 0 Å². The number of hydrogen-bond acceptors (Lipinski definition) is 2. The van der Waals surface area contributed by atoms with E-state index in [9.17, 15) is 9.59 Å². The Morgan fingerprint density at radius 3 is 2.19 bits per heavy atom. The summed E-state index contributed by atoms with van der Waals surface area (Å²) in [5, 5.41) is 8.74. The Morgan fingerprint density at radius 2 is 1.81 bits per heavy atom. The SMILES string of the molecule is CCC(Cc1ccc(C(=O)O)cc1)C(C)=O. The minimum absolute atomic E-state index is 0.0377. The Balaban J connectivity index is 2.75. The van der Waals surface area contributed by atoms with Crippen LogP contribution in [0.1, 0.15) is 36.2 Å². The lowest BCUT2D eigenvalue weighted by Crippen LogP contribution is -2.12. The number of aromatic carboxylic acids is 1. The van der Waals surface area contributed by atoms with Crippen molar-refractivity contribution in [3.05, 3.63) is 35.4 Å². The highest BCUT2D eigenvalue weighted by atomic mass is 16.4. The lowest BCUT2D eigenvalue weighted by atomic mass is 9.93. The van der Waals surface area contributed by atoms with Gasteiger partial charge in [-0.15, -0.1) is 0 Å². The van der Waals surface area contributed by atoms with Crippen LogP contribution in [0.4, 0.5) is 0 Å². The van der Waals surface area contributed by atoms with Crippen LogP contribution >= 0.6 is 0 Å². The molecule has 1 aromatic carbocycles. The van der Waals surface area contributed by atoms with Gasteiger partial charge in [0.05, 0.1) is 5.56 Å². The fourth-order valence-corrected chi connectivity index (χ4v) is 1.64. The molecule has 0 radical (unpaired) electrons. The Kier molecular flexibility index (Phi) is 4.23. The first-order valence-corrected chi connectivity index (χ1v) is 5.37. The average Bonchev–Trinajstić information content (AvgIpc) is 2.26. The number of ketones is 1. The smallest absolute Gasteiger partial charge is 0.335 e. The molecule has 0 aromatic heterocycles. The lowest BCUT2D eigenvalue weighted by molar-refractivity contribution is -0.120. The van der Waals surface area contributed by atoms with E-state index in [1.807, 2.05) is 6.92 Å². The van der Waals surface area contributed by atoms with Crippen LogP contribution < -0.4 is 0 Å². The van der Waals surface area contributed by atoms with Crippen molar-refractivity contribution in [3.8, 4) is 0 Å². The predicted molar refractivity (Wildman–Crippen MR) is 61.6 cm³/mol. The van der Waals surface area contributed by atoms with Crippen LogP contribution in [-0.4, -0.2) is 16.9 Å². The number of carbonyl (C=O) groups excluding carboxylic acids is 1. The summed E-state index contributed by atoms with van der Waals surface area (Å²) in [7, 11) is 0. The van der Waals surface area contributed by atoms with Gasteiger partial charge in [-0.25, -0.2) is 4.79 Å². The van der Waals surface area contributed by atoms with E-state index in [1.165, 1.54) is 0 Å². The van der Waals surface area contributed by atoms with Gasteiger partial charge in [-0.05, 0) is 37.5 Å². The summed E-state index contributed by atoms with van der Waals surface area (Å²) in [4.78, 5) is 21.9. The van der Waals surface area contributed by atoms with Crippen molar-refractivity contribution in [2.75, 3.05) is 0 Å². The summed E-state index contributed by atoms with van der Waals surface area (Å²) in [5.74, 6) is -0.703. The van der Waals surface area contributed by atoms with Gasteiger partial charge >= 0.3 is 5.97 Å². The second kappa shape index (κ2) is 5.45. The number of hydrogen-bond donors (Lipinski definition) is 1. The second-order valence-corrected chi connectivity index (χ2v) is 3.92. The van der Waals surface area contributed by atoms with Crippen molar-refractivity contribution in [1.82, 2.24) is 0 Å². The molecule has 0 amide bonds. The molecular weight excluding hydrogens is 204 g/mol. The molecule has 0 spiro atoms. The third-order valence-electron chi connectivity index (χ3n) is 2.75. The molecule has 3 heteroatoms. The van der Waals surface area contributed by atoms with Gasteiger partial charge in [0.15, 0.2) is 0 Å². The van der Waals surface area contributed by atoms with Crippen LogP contribution in [0.2, 0.25) is 0 Å². The van der Waals surface area contributed by atoms with Gasteiger partial charge in [0, 0.05) is 5.92 Å². The van der Waals surface area contributed by atoms with Crippen molar-refractivity contribution in [1.29, 1.82) is 0 Å². The maximum absolute atomic E-state index is 11.3. The van der Waals surface area contributed by atoms with E-state index in [0.717, 1.165) is 12.0 Å². The third-order valence-corrected chi connectivity index (χ3v) is 2.75. The minimum atomic E-state index is -0.926. The first-order valence-electron chi connectivity index (χ1n) is 5.37. The van der Waals surface area contributed by atoms with Crippen LogP contribution in [0, 0.1) is 5.92 Å². The monoisotopic (exact) mass is 220 g/mol. The van der Waals surface area contributed by atoms with E-state index in [4.69, 9.17) is 5.11 Å². The van der Waals surface area contributed by atoms with E-state index in [0.29, 0.717) is 6.42 Å². The highest BCUT2D eigenvalue weighted by Crippen LogP contribution is 2.14. The normalized spacial score (nSPS) is 12.1. The highest BCUT2D eigenvalue weighted by molar-refractivity contribution is 5.87. The molecule has 0 saturated heterocycles. The number of carbonyl (C=O) groups is 2. The summed E-state index contributed by atoms with van der Waals surface area (Å²) in [6, 6.07) is 6.69. The van der Waals surface area contributed by atoms with E-state index in [-0.39, 0.29) is 17.3 Å². The molecule has 1 N–H and O–H groups in total. The van der Waals surface area contributed by atoms with Gasteiger partial charge in [-0.3, -0.25) is 4.79 Å². The molecule has 1 rings (SSSR count). The molecule has 0 aliphatic rings. The lowest BCUT2D eigenvalue weighted by Gasteiger charge is -2.10. The predicted octanol–water partition coefficient (Wildman–Crippen LogP) is 2.54. The number of benzene rings is 1. The summed E-state index contributed by atoms with van der Waals surface area (Å²) in [6.07, 6.45) is 1.50. The van der Waals surface area contributed by atoms with E-state index >= 15 is 0 Å². The standard InChI is InChI=1S/C13H16O3/c1-3-11(9(2)14)8-10-4-6-12(7-5-10)13(15)16/h4-7,11H,3,8H2,1-2H3,(H,15,16). The number of carboxylic acids is 1. The van der Waals surface area contributed by atoms with Crippen LogP contribution in [0.3, 0.4) is 0 Å². The fraction of sp³-hybridized carbons (Fsp3) is 0.385. The Bertz CT molecular complexity index is 379. The van der Waals surface area contributed by atoms with Crippen LogP contribution in [0.25, 0.3) is 0 Å². The van der Waals surface area contributed by atoms with Gasteiger partial charge in [-0.2, -0.15) is 0 Å². The highest BCUT2D eigenvalue weighted by Gasteiger charge is 2.12. The molecule has 1 atom stereocenters. The van der Waals surface area contributed by atoms with Crippen LogP contribution in [0.5, 0.6) is 0 Å². The summed E-state index contributed by atoms with van der Waals surface area (Å²) < 4.78 is 0. The van der Waals surface area contributed by atoms with Crippen molar-refractivity contribution in [2.45, 2.75) is 26.7 Å². The molecule has 0 heterocycles. The van der Waals surface area contributed by atoms with Crippen molar-refractivity contribution < 1.29 is 14.7 Å². The molecule has 0 fully saturated rings. The molecule has 1 unspecified atom stereocenters.